The second-order valence-corrected chi connectivity index (χ2v) is 4.24. The molecule has 1 aliphatic rings. The number of aliphatic hydroxyl groups excluding tert-OH is 1. The lowest BCUT2D eigenvalue weighted by molar-refractivity contribution is -0.119. The van der Waals surface area contributed by atoms with E-state index in [0.717, 1.165) is 13.0 Å². The molecule has 1 saturated heterocycles. The Labute approximate surface area is 85.1 Å². The third-order valence-corrected chi connectivity index (χ3v) is 2.71. The van der Waals surface area contributed by atoms with Crippen molar-refractivity contribution in [1.82, 2.24) is 10.6 Å². The van der Waals surface area contributed by atoms with Crippen LogP contribution in [0.3, 0.4) is 0 Å². The first kappa shape index (κ1) is 11.5. The molecule has 0 aromatic rings. The molecule has 0 aromatic carbocycles. The van der Waals surface area contributed by atoms with Gasteiger partial charge in [-0.3, -0.25) is 4.79 Å². The standard InChI is InChI=1S/C10H20N2O2/c1-7(2)9(6-13)11-5-8-3-4-10(14)12-8/h7-9,11,13H,3-6H2,1-2H3,(H,12,14). The van der Waals surface area contributed by atoms with Crippen molar-refractivity contribution in [3.63, 3.8) is 0 Å². The molecule has 4 nitrogen and oxygen atoms in total. The molecule has 1 rings (SSSR count). The SMILES string of the molecule is CC(C)C(CO)NCC1CCC(=O)N1. The maximum absolute atomic E-state index is 10.9. The fraction of sp³-hybridized carbons (Fsp3) is 0.900. The zero-order valence-corrected chi connectivity index (χ0v) is 8.92. The van der Waals surface area contributed by atoms with Crippen LogP contribution in [0.1, 0.15) is 26.7 Å². The average molecular weight is 200 g/mol. The van der Waals surface area contributed by atoms with Crippen LogP contribution in [0, 0.1) is 5.92 Å². The summed E-state index contributed by atoms with van der Waals surface area (Å²) in [7, 11) is 0. The number of aliphatic hydroxyl groups is 1. The molecule has 1 aliphatic heterocycles. The number of carbonyl (C=O) groups excluding carboxylic acids is 1. The minimum Gasteiger partial charge on any atom is -0.395 e. The Kier molecular flexibility index (Phi) is 4.35. The van der Waals surface area contributed by atoms with E-state index in [1.54, 1.807) is 0 Å². The summed E-state index contributed by atoms with van der Waals surface area (Å²) in [5, 5.41) is 15.2. The van der Waals surface area contributed by atoms with Gasteiger partial charge in [0.15, 0.2) is 0 Å². The first-order chi connectivity index (χ1) is 6.63. The molecule has 0 spiro atoms. The number of nitrogens with one attached hydrogen (secondary N) is 2. The molecule has 4 heteroatoms. The Morgan fingerprint density at radius 2 is 2.36 bits per heavy atom. The number of carbonyl (C=O) groups is 1. The van der Waals surface area contributed by atoms with E-state index < -0.39 is 0 Å². The average Bonchev–Trinajstić information content (AvgIpc) is 2.52. The Morgan fingerprint density at radius 3 is 2.79 bits per heavy atom. The highest BCUT2D eigenvalue weighted by Gasteiger charge is 2.21. The second kappa shape index (κ2) is 5.32. The van der Waals surface area contributed by atoms with Gasteiger partial charge in [-0.25, -0.2) is 0 Å². The highest BCUT2D eigenvalue weighted by molar-refractivity contribution is 5.78. The lowest BCUT2D eigenvalue weighted by atomic mass is 10.1. The van der Waals surface area contributed by atoms with Crippen LogP contribution >= 0.6 is 0 Å². The Bertz CT molecular complexity index is 195. The molecule has 14 heavy (non-hydrogen) atoms. The Hall–Kier alpha value is -0.610. The van der Waals surface area contributed by atoms with Crippen molar-refractivity contribution in [2.45, 2.75) is 38.8 Å². The van der Waals surface area contributed by atoms with Gasteiger partial charge in [-0.2, -0.15) is 0 Å². The molecular formula is C10H20N2O2. The van der Waals surface area contributed by atoms with Crippen LogP contribution in [-0.4, -0.2) is 36.2 Å². The molecule has 0 aliphatic carbocycles. The highest BCUT2D eigenvalue weighted by Crippen LogP contribution is 2.06. The third kappa shape index (κ3) is 3.27. The fourth-order valence-electron chi connectivity index (χ4n) is 1.64. The van der Waals surface area contributed by atoms with Crippen LogP contribution in [0.4, 0.5) is 0 Å². The minimum atomic E-state index is 0.132. The first-order valence-electron chi connectivity index (χ1n) is 5.27. The summed E-state index contributed by atoms with van der Waals surface area (Å²) < 4.78 is 0. The molecule has 0 saturated carbocycles. The van der Waals surface area contributed by atoms with Crippen LogP contribution in [0.15, 0.2) is 0 Å². The summed E-state index contributed by atoms with van der Waals surface area (Å²) in [6, 6.07) is 0.378. The molecule has 82 valence electrons. The van der Waals surface area contributed by atoms with Crippen molar-refractivity contribution in [3.8, 4) is 0 Å². The molecule has 3 N–H and O–H groups in total. The Morgan fingerprint density at radius 1 is 1.64 bits per heavy atom. The van der Waals surface area contributed by atoms with Crippen molar-refractivity contribution in [2.75, 3.05) is 13.2 Å². The van der Waals surface area contributed by atoms with Crippen molar-refractivity contribution < 1.29 is 9.90 Å². The van der Waals surface area contributed by atoms with Gasteiger partial charge in [0, 0.05) is 25.0 Å². The van der Waals surface area contributed by atoms with Crippen LogP contribution in [0.2, 0.25) is 0 Å². The van der Waals surface area contributed by atoms with Gasteiger partial charge in [-0.15, -0.1) is 0 Å². The molecule has 1 amide bonds. The van der Waals surface area contributed by atoms with E-state index in [4.69, 9.17) is 5.11 Å². The lowest BCUT2D eigenvalue weighted by Crippen LogP contribution is -2.44. The first-order valence-corrected chi connectivity index (χ1v) is 5.27. The van der Waals surface area contributed by atoms with Gasteiger partial charge < -0.3 is 15.7 Å². The predicted octanol–water partition coefficient (Wildman–Crippen LogP) is -0.128. The molecule has 1 heterocycles. The normalized spacial score (nSPS) is 24.0. The molecular weight excluding hydrogens is 180 g/mol. The van der Waals surface area contributed by atoms with E-state index in [2.05, 4.69) is 24.5 Å². The number of amides is 1. The van der Waals surface area contributed by atoms with E-state index in [1.807, 2.05) is 0 Å². The van der Waals surface area contributed by atoms with Gasteiger partial charge in [0.2, 0.25) is 5.91 Å². The molecule has 0 aromatic heterocycles. The van der Waals surface area contributed by atoms with E-state index in [1.165, 1.54) is 0 Å². The predicted molar refractivity (Wildman–Crippen MR) is 54.9 cm³/mol. The van der Waals surface area contributed by atoms with Gasteiger partial charge in [-0.1, -0.05) is 13.8 Å². The van der Waals surface area contributed by atoms with Crippen LogP contribution < -0.4 is 10.6 Å². The van der Waals surface area contributed by atoms with Crippen molar-refractivity contribution in [1.29, 1.82) is 0 Å². The van der Waals surface area contributed by atoms with Gasteiger partial charge >= 0.3 is 0 Å². The number of hydrogen-bond donors (Lipinski definition) is 3. The summed E-state index contributed by atoms with van der Waals surface area (Å²) in [6.45, 7) is 5.05. The van der Waals surface area contributed by atoms with Gasteiger partial charge in [-0.05, 0) is 12.3 Å². The fourth-order valence-corrected chi connectivity index (χ4v) is 1.64. The summed E-state index contributed by atoms with van der Waals surface area (Å²) in [6.07, 6.45) is 1.54. The molecule has 2 unspecified atom stereocenters. The van der Waals surface area contributed by atoms with E-state index in [9.17, 15) is 4.79 Å². The summed E-state index contributed by atoms with van der Waals surface area (Å²) >= 11 is 0. The number of rotatable bonds is 5. The van der Waals surface area contributed by atoms with Gasteiger partial charge in [0.05, 0.1) is 6.61 Å². The van der Waals surface area contributed by atoms with E-state index in [-0.39, 0.29) is 24.6 Å². The molecule has 1 fully saturated rings. The summed E-state index contributed by atoms with van der Waals surface area (Å²) in [5.41, 5.74) is 0. The van der Waals surface area contributed by atoms with Crippen molar-refractivity contribution >= 4 is 5.91 Å². The quantitative estimate of drug-likeness (QED) is 0.579. The number of hydrogen-bond acceptors (Lipinski definition) is 3. The Balaban J connectivity index is 2.22. The topological polar surface area (TPSA) is 61.4 Å². The minimum absolute atomic E-state index is 0.132. The molecule has 0 bridgehead atoms. The molecule has 0 radical (unpaired) electrons. The summed E-state index contributed by atoms with van der Waals surface area (Å²) in [4.78, 5) is 10.9. The lowest BCUT2D eigenvalue weighted by Gasteiger charge is -2.22. The third-order valence-electron chi connectivity index (χ3n) is 2.71. The monoisotopic (exact) mass is 200 g/mol. The van der Waals surface area contributed by atoms with Crippen LogP contribution in [-0.2, 0) is 4.79 Å². The highest BCUT2D eigenvalue weighted by atomic mass is 16.3. The van der Waals surface area contributed by atoms with Gasteiger partial charge in [0.25, 0.3) is 0 Å². The van der Waals surface area contributed by atoms with E-state index in [0.29, 0.717) is 12.3 Å². The second-order valence-electron chi connectivity index (χ2n) is 4.24. The largest absolute Gasteiger partial charge is 0.395 e. The van der Waals surface area contributed by atoms with Crippen LogP contribution in [0.5, 0.6) is 0 Å². The van der Waals surface area contributed by atoms with Crippen molar-refractivity contribution in [3.05, 3.63) is 0 Å². The maximum atomic E-state index is 10.9. The zero-order chi connectivity index (χ0) is 10.6. The van der Waals surface area contributed by atoms with Gasteiger partial charge in [0.1, 0.15) is 0 Å². The van der Waals surface area contributed by atoms with Crippen LogP contribution in [0.25, 0.3) is 0 Å². The maximum Gasteiger partial charge on any atom is 0.220 e. The molecule has 2 atom stereocenters. The van der Waals surface area contributed by atoms with Crippen molar-refractivity contribution in [2.24, 2.45) is 5.92 Å². The summed E-state index contributed by atoms with van der Waals surface area (Å²) in [5.74, 6) is 0.555. The zero-order valence-electron chi connectivity index (χ0n) is 8.92. The smallest absolute Gasteiger partial charge is 0.220 e. The van der Waals surface area contributed by atoms with E-state index >= 15 is 0 Å².